The van der Waals surface area contributed by atoms with Crippen molar-refractivity contribution in [3.05, 3.63) is 17.0 Å². The monoisotopic (exact) mass is 348 g/mol. The summed E-state index contributed by atoms with van der Waals surface area (Å²) in [6.07, 6.45) is 3.71. The number of ether oxygens (including phenoxy) is 2. The minimum atomic E-state index is -0.474. The molecule has 0 bridgehead atoms. The largest absolute Gasteiger partial charge is 0.409 e. The van der Waals surface area contributed by atoms with Crippen molar-refractivity contribution in [2.24, 2.45) is 29.3 Å². The van der Waals surface area contributed by atoms with Gasteiger partial charge >= 0.3 is 0 Å². The molecule has 2 aliphatic carbocycles. The molecule has 4 rings (SSSR count). The molecule has 0 amide bonds. The first-order chi connectivity index (χ1) is 11.8. The van der Waals surface area contributed by atoms with E-state index in [0.717, 1.165) is 42.6 Å². The second-order valence-electron chi connectivity index (χ2n) is 8.46. The van der Waals surface area contributed by atoms with Crippen LogP contribution in [0.3, 0.4) is 0 Å². The molecule has 1 saturated heterocycles. The average Bonchev–Trinajstić information content (AvgIpc) is 3.17. The highest BCUT2D eigenvalue weighted by atomic mass is 16.7. The third kappa shape index (κ3) is 1.99. The molecule has 1 aliphatic heterocycles. The molecular formula is C18H28N4O3. The molecular weight excluding hydrogens is 320 g/mol. The predicted octanol–water partition coefficient (Wildman–Crippen LogP) is 1.90. The number of amidine groups is 1. The number of aryl methyl sites for hydroxylation is 1. The van der Waals surface area contributed by atoms with Crippen molar-refractivity contribution in [3.8, 4) is 0 Å². The average molecular weight is 348 g/mol. The molecule has 1 spiro atoms. The predicted molar refractivity (Wildman–Crippen MR) is 92.5 cm³/mol. The van der Waals surface area contributed by atoms with Crippen molar-refractivity contribution in [3.63, 3.8) is 0 Å². The molecule has 1 saturated carbocycles. The third-order valence-corrected chi connectivity index (χ3v) is 7.07. The lowest BCUT2D eigenvalue weighted by atomic mass is 9.49. The molecule has 1 aromatic heterocycles. The summed E-state index contributed by atoms with van der Waals surface area (Å²) in [5.74, 6) is 0.0550. The van der Waals surface area contributed by atoms with E-state index in [2.05, 4.69) is 25.9 Å². The van der Waals surface area contributed by atoms with Gasteiger partial charge in [-0.15, -0.1) is 0 Å². The number of oxime groups is 1. The summed E-state index contributed by atoms with van der Waals surface area (Å²) in [4.78, 5) is 0. The Morgan fingerprint density at radius 3 is 2.60 bits per heavy atom. The highest BCUT2D eigenvalue weighted by Gasteiger charge is 2.64. The Bertz CT molecular complexity index is 733. The second kappa shape index (κ2) is 5.20. The van der Waals surface area contributed by atoms with E-state index < -0.39 is 5.79 Å². The van der Waals surface area contributed by atoms with E-state index in [0.29, 0.717) is 19.1 Å². The van der Waals surface area contributed by atoms with Crippen molar-refractivity contribution < 1.29 is 14.7 Å². The fraction of sp³-hybridized carbons (Fsp3) is 0.778. The topological polar surface area (TPSA) is 94.9 Å². The van der Waals surface area contributed by atoms with Crippen molar-refractivity contribution >= 4 is 5.84 Å². The molecule has 1 unspecified atom stereocenters. The number of fused-ring (bicyclic) bond motifs is 3. The summed E-state index contributed by atoms with van der Waals surface area (Å²) in [6, 6.07) is 0. The van der Waals surface area contributed by atoms with Crippen LogP contribution in [0.2, 0.25) is 0 Å². The van der Waals surface area contributed by atoms with Gasteiger partial charge in [0, 0.05) is 29.9 Å². The van der Waals surface area contributed by atoms with Crippen molar-refractivity contribution in [2.45, 2.75) is 57.7 Å². The fourth-order valence-electron chi connectivity index (χ4n) is 5.84. The van der Waals surface area contributed by atoms with Crippen LogP contribution in [0.5, 0.6) is 0 Å². The number of aromatic nitrogens is 2. The van der Waals surface area contributed by atoms with Gasteiger partial charge in [-0.25, -0.2) is 0 Å². The van der Waals surface area contributed by atoms with Crippen molar-refractivity contribution in [2.75, 3.05) is 13.2 Å². The van der Waals surface area contributed by atoms with E-state index in [9.17, 15) is 0 Å². The van der Waals surface area contributed by atoms with Crippen LogP contribution in [-0.2, 0) is 28.4 Å². The van der Waals surface area contributed by atoms with E-state index >= 15 is 0 Å². The molecule has 7 nitrogen and oxygen atoms in total. The highest BCUT2D eigenvalue weighted by molar-refractivity contribution is 5.97. The molecule has 2 heterocycles. The van der Waals surface area contributed by atoms with E-state index in [4.69, 9.17) is 25.5 Å². The summed E-state index contributed by atoms with van der Waals surface area (Å²) in [7, 11) is 1.86. The van der Waals surface area contributed by atoms with Gasteiger partial charge in [-0.2, -0.15) is 5.10 Å². The first-order valence-corrected chi connectivity index (χ1v) is 9.09. The van der Waals surface area contributed by atoms with E-state index in [-0.39, 0.29) is 16.7 Å². The first kappa shape index (κ1) is 16.8. The van der Waals surface area contributed by atoms with Gasteiger partial charge in [0.2, 0.25) is 0 Å². The van der Waals surface area contributed by atoms with Gasteiger partial charge in [-0.3, -0.25) is 4.68 Å². The Morgan fingerprint density at radius 1 is 1.28 bits per heavy atom. The Kier molecular flexibility index (Phi) is 3.51. The molecule has 0 radical (unpaired) electrons. The lowest BCUT2D eigenvalue weighted by Crippen LogP contribution is -2.61. The van der Waals surface area contributed by atoms with Crippen LogP contribution < -0.4 is 5.73 Å². The van der Waals surface area contributed by atoms with Crippen LogP contribution in [0.15, 0.2) is 5.16 Å². The van der Waals surface area contributed by atoms with Crippen molar-refractivity contribution in [1.29, 1.82) is 0 Å². The van der Waals surface area contributed by atoms with Gasteiger partial charge < -0.3 is 20.4 Å². The van der Waals surface area contributed by atoms with Crippen LogP contribution in [0.4, 0.5) is 0 Å². The van der Waals surface area contributed by atoms with Crippen LogP contribution in [0.25, 0.3) is 0 Å². The van der Waals surface area contributed by atoms with E-state index in [1.165, 1.54) is 0 Å². The van der Waals surface area contributed by atoms with Gasteiger partial charge in [0.05, 0.1) is 18.9 Å². The Hall–Kier alpha value is -1.60. The number of rotatable bonds is 1. The van der Waals surface area contributed by atoms with Gasteiger partial charge in [-0.05, 0) is 25.2 Å². The SMILES string of the molecule is Cn1nc2c(c1/C(N)=N/O)CC[C@@H]1C2(C)CCC2(OCCO2)C1(C)C. The van der Waals surface area contributed by atoms with Crippen LogP contribution in [0, 0.1) is 11.3 Å². The quantitative estimate of drug-likeness (QED) is 0.350. The molecule has 3 aliphatic rings. The van der Waals surface area contributed by atoms with Crippen LogP contribution >= 0.6 is 0 Å². The number of nitrogens with two attached hydrogens (primary N) is 1. The highest BCUT2D eigenvalue weighted by Crippen LogP contribution is 2.62. The van der Waals surface area contributed by atoms with Gasteiger partial charge in [-0.1, -0.05) is 25.9 Å². The summed E-state index contributed by atoms with van der Waals surface area (Å²) in [6.45, 7) is 8.21. The molecule has 3 N–H and O–H groups in total. The van der Waals surface area contributed by atoms with Crippen molar-refractivity contribution in [1.82, 2.24) is 9.78 Å². The zero-order chi connectivity index (χ0) is 18.0. The Balaban J connectivity index is 1.82. The van der Waals surface area contributed by atoms with E-state index in [1.807, 2.05) is 7.05 Å². The maximum Gasteiger partial charge on any atom is 0.188 e. The number of hydrogen-bond donors (Lipinski definition) is 2. The zero-order valence-corrected chi connectivity index (χ0v) is 15.5. The standard InChI is InChI=1S/C18H28N4O3/c1-16(2)12-6-5-11-13(15(19)21-23)22(4)20-14(11)17(12,3)7-8-18(16)24-9-10-25-18/h12,23H,5-10H2,1-4H3,(H2,19,21)/t12-,17?/m0/s1. The molecule has 25 heavy (non-hydrogen) atoms. The fourth-order valence-corrected chi connectivity index (χ4v) is 5.84. The number of nitrogens with zero attached hydrogens (tertiary/aromatic N) is 3. The maximum absolute atomic E-state index is 9.14. The number of hydrogen-bond acceptors (Lipinski definition) is 5. The zero-order valence-electron chi connectivity index (χ0n) is 15.5. The Morgan fingerprint density at radius 2 is 1.96 bits per heavy atom. The van der Waals surface area contributed by atoms with E-state index in [1.54, 1.807) is 4.68 Å². The first-order valence-electron chi connectivity index (χ1n) is 9.09. The smallest absolute Gasteiger partial charge is 0.188 e. The second-order valence-corrected chi connectivity index (χ2v) is 8.46. The lowest BCUT2D eigenvalue weighted by Gasteiger charge is -2.59. The lowest BCUT2D eigenvalue weighted by molar-refractivity contribution is -0.276. The molecule has 2 fully saturated rings. The minimum absolute atomic E-state index is 0.0661. The molecule has 7 heteroatoms. The third-order valence-electron chi connectivity index (χ3n) is 7.07. The van der Waals surface area contributed by atoms with Gasteiger partial charge in [0.25, 0.3) is 0 Å². The van der Waals surface area contributed by atoms with Gasteiger partial charge in [0.1, 0.15) is 5.69 Å². The summed E-state index contributed by atoms with van der Waals surface area (Å²) < 4.78 is 14.0. The maximum atomic E-state index is 9.14. The van der Waals surface area contributed by atoms with Gasteiger partial charge in [0.15, 0.2) is 11.6 Å². The summed E-state index contributed by atoms with van der Waals surface area (Å²) >= 11 is 0. The molecule has 138 valence electrons. The van der Waals surface area contributed by atoms with Crippen LogP contribution in [0.1, 0.15) is 57.0 Å². The van der Waals surface area contributed by atoms with Crippen LogP contribution in [-0.4, -0.2) is 39.8 Å². The summed E-state index contributed by atoms with van der Waals surface area (Å²) in [5.41, 5.74) is 8.70. The molecule has 0 aromatic carbocycles. The molecule has 1 aromatic rings. The molecule has 2 atom stereocenters. The normalized spacial score (nSPS) is 33.3. The minimum Gasteiger partial charge on any atom is -0.409 e. The summed E-state index contributed by atoms with van der Waals surface area (Å²) in [5, 5.41) is 17.2. The Labute approximate surface area is 148 Å².